The lowest BCUT2D eigenvalue weighted by Crippen LogP contribution is -2.15. The van der Waals surface area contributed by atoms with Crippen molar-refractivity contribution in [2.75, 3.05) is 5.32 Å². The van der Waals surface area contributed by atoms with Crippen LogP contribution in [-0.2, 0) is 13.5 Å². The van der Waals surface area contributed by atoms with Gasteiger partial charge in [-0.05, 0) is 48.7 Å². The van der Waals surface area contributed by atoms with Crippen LogP contribution >= 0.6 is 0 Å². The molecule has 162 valence electrons. The number of hydrogen-bond donors (Lipinski definition) is 1. The van der Waals surface area contributed by atoms with Crippen LogP contribution < -0.4 is 11.1 Å². The molecule has 2 aromatic heterocycles. The minimum absolute atomic E-state index is 0.0265. The van der Waals surface area contributed by atoms with Crippen molar-refractivity contribution in [3.8, 4) is 22.6 Å². The Hall–Kier alpha value is -4.07. The number of aryl methyl sites for hydroxylation is 3. The van der Waals surface area contributed by atoms with Gasteiger partial charge in [0, 0.05) is 30.2 Å². The first-order chi connectivity index (χ1) is 15.4. The topological polar surface area (TPSA) is 90.0 Å². The first-order valence-corrected chi connectivity index (χ1v) is 10.1. The predicted octanol–water partition coefficient (Wildman–Crippen LogP) is 4.36. The fraction of sp³-hybridized carbons (Fsp3) is 0.167. The third-order valence-electron chi connectivity index (χ3n) is 5.14. The summed E-state index contributed by atoms with van der Waals surface area (Å²) in [6.07, 6.45) is 2.33. The van der Waals surface area contributed by atoms with Gasteiger partial charge in [-0.25, -0.2) is 9.18 Å². The molecule has 8 heteroatoms. The summed E-state index contributed by atoms with van der Waals surface area (Å²) in [6.45, 7) is 3.69. The van der Waals surface area contributed by atoms with E-state index in [1.807, 2.05) is 25.1 Å². The summed E-state index contributed by atoms with van der Waals surface area (Å²) >= 11 is 0. The molecule has 0 bridgehead atoms. The Labute approximate surface area is 183 Å². The van der Waals surface area contributed by atoms with E-state index in [1.165, 1.54) is 13.1 Å². The van der Waals surface area contributed by atoms with E-state index in [1.54, 1.807) is 37.4 Å². The molecular formula is C24H21FN4O3. The summed E-state index contributed by atoms with van der Waals surface area (Å²) in [6, 6.07) is 13.6. The Morgan fingerprint density at radius 1 is 1.16 bits per heavy atom. The number of rotatable bonds is 5. The molecule has 2 heterocycles. The van der Waals surface area contributed by atoms with E-state index in [0.717, 1.165) is 21.5 Å². The maximum Gasteiger partial charge on any atom is 0.437 e. The quantitative estimate of drug-likeness (QED) is 0.506. The van der Waals surface area contributed by atoms with Gasteiger partial charge in [0.25, 0.3) is 11.8 Å². The van der Waals surface area contributed by atoms with Crippen LogP contribution in [0.15, 0.2) is 63.9 Å². The van der Waals surface area contributed by atoms with E-state index in [-0.39, 0.29) is 11.5 Å². The Morgan fingerprint density at radius 3 is 2.53 bits per heavy atom. The zero-order chi connectivity index (χ0) is 22.8. The Kier molecular flexibility index (Phi) is 5.68. The van der Waals surface area contributed by atoms with E-state index >= 15 is 0 Å². The molecule has 1 N–H and O–H groups in total. The summed E-state index contributed by atoms with van der Waals surface area (Å²) in [4.78, 5) is 28.6. The van der Waals surface area contributed by atoms with Crippen molar-refractivity contribution in [2.45, 2.75) is 20.3 Å². The van der Waals surface area contributed by atoms with E-state index < -0.39 is 17.5 Å². The fourth-order valence-electron chi connectivity index (χ4n) is 3.45. The van der Waals surface area contributed by atoms with E-state index in [2.05, 4.69) is 15.4 Å². The number of nitrogens with one attached hydrogen (secondary N) is 1. The molecule has 32 heavy (non-hydrogen) atoms. The van der Waals surface area contributed by atoms with Crippen molar-refractivity contribution >= 4 is 11.6 Å². The van der Waals surface area contributed by atoms with Crippen molar-refractivity contribution in [1.82, 2.24) is 14.8 Å². The summed E-state index contributed by atoms with van der Waals surface area (Å²) in [7, 11) is 1.51. The largest absolute Gasteiger partial charge is 0.437 e. The SMILES string of the molecule is CCc1ncc(-c2nn(C)c(=O)o2)cc1-c1ccc(NC(=O)c2c(C)cccc2F)cc1. The van der Waals surface area contributed by atoms with Gasteiger partial charge in [0.15, 0.2) is 0 Å². The average molecular weight is 432 g/mol. The number of aromatic nitrogens is 3. The van der Waals surface area contributed by atoms with Gasteiger partial charge in [0.05, 0.1) is 11.1 Å². The lowest BCUT2D eigenvalue weighted by Gasteiger charge is -2.11. The lowest BCUT2D eigenvalue weighted by atomic mass is 10.0. The van der Waals surface area contributed by atoms with Crippen LogP contribution in [0, 0.1) is 12.7 Å². The molecule has 0 saturated heterocycles. The Morgan fingerprint density at radius 2 is 1.91 bits per heavy atom. The molecule has 2 aromatic carbocycles. The minimum Gasteiger partial charge on any atom is -0.388 e. The number of nitrogens with zero attached hydrogens (tertiary/aromatic N) is 3. The van der Waals surface area contributed by atoms with Gasteiger partial charge in [0.2, 0.25) is 0 Å². The van der Waals surface area contributed by atoms with Crippen molar-refractivity contribution in [3.05, 3.63) is 87.9 Å². The summed E-state index contributed by atoms with van der Waals surface area (Å²) in [5.41, 5.74) is 4.32. The molecule has 1 amide bonds. The highest BCUT2D eigenvalue weighted by Gasteiger charge is 2.16. The Balaban J connectivity index is 1.63. The van der Waals surface area contributed by atoms with Crippen molar-refractivity contribution in [1.29, 1.82) is 0 Å². The van der Waals surface area contributed by atoms with Crippen LogP contribution in [0.5, 0.6) is 0 Å². The van der Waals surface area contributed by atoms with Crippen molar-refractivity contribution in [3.63, 3.8) is 0 Å². The molecule has 0 aliphatic carbocycles. The summed E-state index contributed by atoms with van der Waals surface area (Å²) in [5.74, 6) is -1.42. The van der Waals surface area contributed by atoms with Gasteiger partial charge in [-0.3, -0.25) is 9.78 Å². The number of halogens is 1. The van der Waals surface area contributed by atoms with Gasteiger partial charge in [0.1, 0.15) is 5.82 Å². The number of amides is 1. The number of hydrogen-bond acceptors (Lipinski definition) is 5. The molecule has 0 fully saturated rings. The number of pyridine rings is 1. The molecule has 4 aromatic rings. The highest BCUT2D eigenvalue weighted by Crippen LogP contribution is 2.29. The number of anilines is 1. The maximum atomic E-state index is 14.1. The number of benzene rings is 2. The lowest BCUT2D eigenvalue weighted by molar-refractivity contribution is 0.102. The van der Waals surface area contributed by atoms with Crippen LogP contribution in [0.25, 0.3) is 22.6 Å². The van der Waals surface area contributed by atoms with Crippen LogP contribution in [0.4, 0.5) is 10.1 Å². The van der Waals surface area contributed by atoms with E-state index in [9.17, 15) is 14.0 Å². The highest BCUT2D eigenvalue weighted by atomic mass is 19.1. The second-order valence-corrected chi connectivity index (χ2v) is 7.33. The molecular weight excluding hydrogens is 411 g/mol. The Bertz CT molecular complexity index is 1340. The fourth-order valence-corrected chi connectivity index (χ4v) is 3.45. The van der Waals surface area contributed by atoms with Gasteiger partial charge in [-0.2, -0.15) is 4.68 Å². The standard InChI is InChI=1S/C24H21FN4O3/c1-4-20-18(12-16(13-26-20)23-28-29(3)24(31)32-23)15-8-10-17(11-9-15)27-22(30)21-14(2)6-5-7-19(21)25/h5-13H,4H2,1-3H3,(H,27,30). The maximum absolute atomic E-state index is 14.1. The molecule has 0 aliphatic rings. The van der Waals surface area contributed by atoms with E-state index in [4.69, 9.17) is 4.42 Å². The molecule has 4 rings (SSSR count). The van der Waals surface area contributed by atoms with Crippen LogP contribution in [0.3, 0.4) is 0 Å². The summed E-state index contributed by atoms with van der Waals surface area (Å²) < 4.78 is 20.4. The smallest absolute Gasteiger partial charge is 0.388 e. The molecule has 0 saturated carbocycles. The van der Waals surface area contributed by atoms with Gasteiger partial charge >= 0.3 is 5.76 Å². The molecule has 0 spiro atoms. The van der Waals surface area contributed by atoms with E-state index in [0.29, 0.717) is 23.2 Å². The van der Waals surface area contributed by atoms with Crippen LogP contribution in [0.1, 0.15) is 28.5 Å². The summed E-state index contributed by atoms with van der Waals surface area (Å²) in [5, 5.41) is 6.82. The highest BCUT2D eigenvalue weighted by molar-refractivity contribution is 6.05. The zero-order valence-corrected chi connectivity index (χ0v) is 17.8. The third kappa shape index (κ3) is 4.07. The van der Waals surface area contributed by atoms with Crippen molar-refractivity contribution < 1.29 is 13.6 Å². The molecule has 7 nitrogen and oxygen atoms in total. The van der Waals surface area contributed by atoms with Gasteiger partial charge in [-0.1, -0.05) is 31.2 Å². The minimum atomic E-state index is -0.559. The number of carbonyl (C=O) groups excluding carboxylic acids is 1. The van der Waals surface area contributed by atoms with Crippen molar-refractivity contribution in [2.24, 2.45) is 7.05 Å². The normalized spacial score (nSPS) is 10.9. The van der Waals surface area contributed by atoms with Crippen LogP contribution in [0.2, 0.25) is 0 Å². The number of carbonyl (C=O) groups is 1. The van der Waals surface area contributed by atoms with Gasteiger partial charge in [-0.15, -0.1) is 5.10 Å². The van der Waals surface area contributed by atoms with Gasteiger partial charge < -0.3 is 9.73 Å². The molecule has 0 unspecified atom stereocenters. The zero-order valence-electron chi connectivity index (χ0n) is 17.8. The first kappa shape index (κ1) is 21.2. The monoisotopic (exact) mass is 432 g/mol. The predicted molar refractivity (Wildman–Crippen MR) is 119 cm³/mol. The molecule has 0 atom stereocenters. The molecule has 0 aliphatic heterocycles. The average Bonchev–Trinajstić information content (AvgIpc) is 3.12. The van der Waals surface area contributed by atoms with Crippen LogP contribution in [-0.4, -0.2) is 20.7 Å². The second kappa shape index (κ2) is 8.58. The third-order valence-corrected chi connectivity index (χ3v) is 5.14. The second-order valence-electron chi connectivity index (χ2n) is 7.33. The molecule has 0 radical (unpaired) electrons. The first-order valence-electron chi connectivity index (χ1n) is 10.1.